The zero-order valence-electron chi connectivity index (χ0n) is 16.7. The molecule has 0 saturated carbocycles. The maximum atomic E-state index is 12.5. The Hall–Kier alpha value is -2.03. The summed E-state index contributed by atoms with van der Waals surface area (Å²) in [6, 6.07) is -0.888. The van der Waals surface area contributed by atoms with E-state index in [1.165, 1.54) is 16.9 Å². The first-order valence-corrected chi connectivity index (χ1v) is 8.58. The van der Waals surface area contributed by atoms with E-state index in [4.69, 9.17) is 14.2 Å². The summed E-state index contributed by atoms with van der Waals surface area (Å²) in [5.41, 5.74) is -1.33. The maximum Gasteiger partial charge on any atom is 0.411 e. The number of methoxy groups -OCH3 is 1. The van der Waals surface area contributed by atoms with Gasteiger partial charge in [-0.2, -0.15) is 0 Å². The van der Waals surface area contributed by atoms with Gasteiger partial charge in [-0.3, -0.25) is 9.69 Å². The van der Waals surface area contributed by atoms with Crippen LogP contribution in [0.3, 0.4) is 0 Å². The van der Waals surface area contributed by atoms with Crippen molar-refractivity contribution in [3.05, 3.63) is 0 Å². The van der Waals surface area contributed by atoms with Gasteiger partial charge in [-0.05, 0) is 41.5 Å². The average molecular weight is 373 g/mol. The molecule has 0 bridgehead atoms. The topological polar surface area (TPSA) is 97.4 Å². The highest BCUT2D eigenvalue weighted by molar-refractivity contribution is 5.87. The molecule has 1 atom stereocenters. The first kappa shape index (κ1) is 22.0. The molecule has 0 aromatic rings. The van der Waals surface area contributed by atoms with Gasteiger partial charge in [0.05, 0.1) is 6.54 Å². The normalized spacial score (nSPS) is 18.3. The molecule has 1 unspecified atom stereocenters. The number of hydrogen-bond acceptors (Lipinski definition) is 6. The first-order valence-electron chi connectivity index (χ1n) is 8.58. The molecular formula is C17H31N3O6. The fourth-order valence-electron chi connectivity index (χ4n) is 2.30. The quantitative estimate of drug-likeness (QED) is 0.754. The van der Waals surface area contributed by atoms with Crippen molar-refractivity contribution < 1.29 is 28.6 Å². The SMILES string of the molecule is COCNC(=O)C1CN(C(=O)OC(C)(C)C)CCN1C(=O)OC(C)(C)C. The number of piperazine rings is 1. The Kier molecular flexibility index (Phi) is 7.25. The summed E-state index contributed by atoms with van der Waals surface area (Å²) in [7, 11) is 1.44. The number of carbonyl (C=O) groups excluding carboxylic acids is 3. The third kappa shape index (κ3) is 7.07. The van der Waals surface area contributed by atoms with Crippen LogP contribution in [0.15, 0.2) is 0 Å². The maximum absolute atomic E-state index is 12.5. The minimum atomic E-state index is -0.888. The Balaban J connectivity index is 2.91. The van der Waals surface area contributed by atoms with Crippen LogP contribution in [0.1, 0.15) is 41.5 Å². The molecule has 1 saturated heterocycles. The second-order valence-electron chi connectivity index (χ2n) is 8.09. The summed E-state index contributed by atoms with van der Waals surface area (Å²) >= 11 is 0. The number of carbonyl (C=O) groups is 3. The van der Waals surface area contributed by atoms with Crippen molar-refractivity contribution in [1.29, 1.82) is 0 Å². The Morgan fingerprint density at radius 2 is 1.50 bits per heavy atom. The fourth-order valence-corrected chi connectivity index (χ4v) is 2.30. The molecule has 1 rings (SSSR count). The lowest BCUT2D eigenvalue weighted by Gasteiger charge is -2.40. The van der Waals surface area contributed by atoms with Crippen LogP contribution in [0, 0.1) is 0 Å². The summed E-state index contributed by atoms with van der Waals surface area (Å²) in [6.45, 7) is 11.0. The zero-order chi connectivity index (χ0) is 20.1. The highest BCUT2D eigenvalue weighted by atomic mass is 16.6. The standard InChI is InChI=1S/C17H31N3O6/c1-16(2,3)25-14(22)19-8-9-20(15(23)26-17(4,5)6)12(10-19)13(21)18-11-24-7/h12H,8-11H2,1-7H3,(H,18,21). The number of rotatable bonds is 3. The molecule has 150 valence electrons. The number of nitrogens with zero attached hydrogens (tertiary/aromatic N) is 2. The summed E-state index contributed by atoms with van der Waals surface area (Å²) in [6.07, 6.45) is -1.12. The van der Waals surface area contributed by atoms with Crippen LogP contribution >= 0.6 is 0 Å². The van der Waals surface area contributed by atoms with Crippen molar-refractivity contribution in [3.8, 4) is 0 Å². The molecule has 1 heterocycles. The summed E-state index contributed by atoms with van der Waals surface area (Å²) in [4.78, 5) is 40.0. The van der Waals surface area contributed by atoms with E-state index in [9.17, 15) is 14.4 Å². The monoisotopic (exact) mass is 373 g/mol. The Labute approximate surface area is 154 Å². The van der Waals surface area contributed by atoms with E-state index in [0.717, 1.165) is 0 Å². The van der Waals surface area contributed by atoms with Crippen molar-refractivity contribution in [3.63, 3.8) is 0 Å². The van der Waals surface area contributed by atoms with Gasteiger partial charge in [-0.25, -0.2) is 9.59 Å². The van der Waals surface area contributed by atoms with Gasteiger partial charge >= 0.3 is 12.2 Å². The highest BCUT2D eigenvalue weighted by Gasteiger charge is 2.39. The lowest BCUT2D eigenvalue weighted by atomic mass is 10.1. The first-order chi connectivity index (χ1) is 11.8. The Morgan fingerprint density at radius 3 is 2.00 bits per heavy atom. The molecule has 9 nitrogen and oxygen atoms in total. The lowest BCUT2D eigenvalue weighted by molar-refractivity contribution is -0.130. The molecule has 1 aliphatic rings. The minimum Gasteiger partial charge on any atom is -0.444 e. The van der Waals surface area contributed by atoms with Gasteiger partial charge in [0, 0.05) is 20.2 Å². The molecule has 1 aliphatic heterocycles. The van der Waals surface area contributed by atoms with E-state index in [-0.39, 0.29) is 26.4 Å². The number of amides is 3. The van der Waals surface area contributed by atoms with Gasteiger partial charge in [0.2, 0.25) is 5.91 Å². The molecule has 1 fully saturated rings. The van der Waals surface area contributed by atoms with Crippen molar-refractivity contribution in [2.45, 2.75) is 58.8 Å². The van der Waals surface area contributed by atoms with E-state index in [0.29, 0.717) is 0 Å². The van der Waals surface area contributed by atoms with E-state index in [2.05, 4.69) is 5.32 Å². The molecule has 1 N–H and O–H groups in total. The summed E-state index contributed by atoms with van der Waals surface area (Å²) < 4.78 is 15.6. The van der Waals surface area contributed by atoms with Crippen molar-refractivity contribution in [2.75, 3.05) is 33.5 Å². The van der Waals surface area contributed by atoms with Crippen LogP contribution in [-0.4, -0.2) is 78.6 Å². The van der Waals surface area contributed by atoms with E-state index in [1.807, 2.05) is 0 Å². The van der Waals surface area contributed by atoms with E-state index < -0.39 is 35.3 Å². The molecule has 0 spiro atoms. The predicted octanol–water partition coefficient (Wildman–Crippen LogP) is 1.56. The van der Waals surface area contributed by atoms with Crippen LogP contribution < -0.4 is 5.32 Å². The van der Waals surface area contributed by atoms with Gasteiger partial charge in [-0.1, -0.05) is 0 Å². The van der Waals surface area contributed by atoms with Crippen LogP contribution in [0.4, 0.5) is 9.59 Å². The van der Waals surface area contributed by atoms with Gasteiger partial charge in [0.15, 0.2) is 0 Å². The Bertz CT molecular complexity index is 524. The van der Waals surface area contributed by atoms with Gasteiger partial charge in [-0.15, -0.1) is 0 Å². The zero-order valence-corrected chi connectivity index (χ0v) is 16.7. The van der Waals surface area contributed by atoms with Gasteiger partial charge in [0.1, 0.15) is 24.0 Å². The number of hydrogen-bond donors (Lipinski definition) is 1. The second kappa shape index (κ2) is 8.57. The van der Waals surface area contributed by atoms with Gasteiger partial charge in [0.25, 0.3) is 0 Å². The largest absolute Gasteiger partial charge is 0.444 e. The smallest absolute Gasteiger partial charge is 0.411 e. The average Bonchev–Trinajstić information content (AvgIpc) is 2.48. The second-order valence-corrected chi connectivity index (χ2v) is 8.09. The molecule has 9 heteroatoms. The minimum absolute atomic E-state index is 0.00390. The number of nitrogens with one attached hydrogen (secondary N) is 1. The van der Waals surface area contributed by atoms with E-state index in [1.54, 1.807) is 41.5 Å². The Morgan fingerprint density at radius 1 is 0.962 bits per heavy atom. The molecule has 26 heavy (non-hydrogen) atoms. The van der Waals surface area contributed by atoms with Crippen molar-refractivity contribution in [2.24, 2.45) is 0 Å². The molecule has 0 aromatic heterocycles. The molecule has 0 aliphatic carbocycles. The van der Waals surface area contributed by atoms with Crippen LogP contribution in [0.5, 0.6) is 0 Å². The van der Waals surface area contributed by atoms with Crippen LogP contribution in [-0.2, 0) is 19.0 Å². The van der Waals surface area contributed by atoms with Gasteiger partial charge < -0.3 is 24.4 Å². The highest BCUT2D eigenvalue weighted by Crippen LogP contribution is 2.18. The lowest BCUT2D eigenvalue weighted by Crippen LogP contribution is -2.62. The third-order valence-corrected chi connectivity index (χ3v) is 3.35. The van der Waals surface area contributed by atoms with Crippen LogP contribution in [0.25, 0.3) is 0 Å². The number of ether oxygens (including phenoxy) is 3. The van der Waals surface area contributed by atoms with Crippen molar-refractivity contribution >= 4 is 18.1 Å². The predicted molar refractivity (Wildman–Crippen MR) is 94.6 cm³/mol. The molecule has 3 amide bonds. The fraction of sp³-hybridized carbons (Fsp3) is 0.824. The molecule has 0 radical (unpaired) electrons. The molecular weight excluding hydrogens is 342 g/mol. The molecule has 0 aromatic carbocycles. The van der Waals surface area contributed by atoms with Crippen molar-refractivity contribution in [1.82, 2.24) is 15.1 Å². The van der Waals surface area contributed by atoms with E-state index >= 15 is 0 Å². The third-order valence-electron chi connectivity index (χ3n) is 3.35. The summed E-state index contributed by atoms with van der Waals surface area (Å²) in [5.74, 6) is -0.425. The summed E-state index contributed by atoms with van der Waals surface area (Å²) in [5, 5.41) is 2.57. The van der Waals surface area contributed by atoms with Crippen LogP contribution in [0.2, 0.25) is 0 Å².